The Hall–Kier alpha value is -2.63. The molecule has 0 saturated heterocycles. The Morgan fingerprint density at radius 3 is 2.23 bits per heavy atom. The Kier molecular flexibility index (Phi) is 4.60. The molecule has 0 heterocycles. The molecule has 22 heavy (non-hydrogen) atoms. The van der Waals surface area contributed by atoms with Crippen LogP contribution in [0.5, 0.6) is 0 Å². The summed E-state index contributed by atoms with van der Waals surface area (Å²) in [4.78, 5) is 34.6. The van der Waals surface area contributed by atoms with Gasteiger partial charge in [0, 0.05) is 5.69 Å². The van der Waals surface area contributed by atoms with Gasteiger partial charge in [-0.2, -0.15) is 0 Å². The van der Waals surface area contributed by atoms with Crippen LogP contribution in [0.15, 0.2) is 27.8 Å². The molecule has 0 aromatic heterocycles. The van der Waals surface area contributed by atoms with E-state index in [1.807, 2.05) is 32.0 Å². The Bertz CT molecular complexity index is 753. The third-order valence-corrected chi connectivity index (χ3v) is 3.12. The van der Waals surface area contributed by atoms with Gasteiger partial charge in [0.15, 0.2) is 0 Å². The van der Waals surface area contributed by atoms with Gasteiger partial charge in [-0.1, -0.05) is 6.07 Å². The SMILES string of the molecule is CCOC(=O)CNc1c(Nc2cc(C)cc(C)c2)c(=O)c1=O. The number of aryl methyl sites for hydroxylation is 2. The number of esters is 1. The highest BCUT2D eigenvalue weighted by Gasteiger charge is 2.21. The van der Waals surface area contributed by atoms with Crippen molar-refractivity contribution in [2.45, 2.75) is 20.8 Å². The molecule has 0 fully saturated rings. The highest BCUT2D eigenvalue weighted by molar-refractivity contribution is 5.82. The van der Waals surface area contributed by atoms with Crippen LogP contribution < -0.4 is 21.5 Å². The van der Waals surface area contributed by atoms with E-state index in [0.29, 0.717) is 0 Å². The summed E-state index contributed by atoms with van der Waals surface area (Å²) in [6.07, 6.45) is 0. The van der Waals surface area contributed by atoms with Crippen molar-refractivity contribution in [3.63, 3.8) is 0 Å². The third kappa shape index (κ3) is 3.33. The molecule has 0 radical (unpaired) electrons. The van der Waals surface area contributed by atoms with Crippen LogP contribution in [0.1, 0.15) is 18.1 Å². The standard InChI is InChI=1S/C16H18N2O4/c1-4-22-12(19)8-17-13-14(16(21)15(13)20)18-11-6-9(2)5-10(3)7-11/h5-7,17-18H,4,8H2,1-3H3. The van der Waals surface area contributed by atoms with Crippen LogP contribution in [-0.4, -0.2) is 19.1 Å². The second-order valence-electron chi connectivity index (χ2n) is 5.07. The van der Waals surface area contributed by atoms with Gasteiger partial charge in [-0.3, -0.25) is 14.4 Å². The molecule has 116 valence electrons. The zero-order chi connectivity index (χ0) is 16.3. The fourth-order valence-electron chi connectivity index (χ4n) is 2.24. The average molecular weight is 302 g/mol. The molecule has 2 aromatic carbocycles. The number of benzene rings is 1. The summed E-state index contributed by atoms with van der Waals surface area (Å²) < 4.78 is 4.77. The smallest absolute Gasteiger partial charge is 0.325 e. The van der Waals surface area contributed by atoms with Gasteiger partial charge in [-0.15, -0.1) is 0 Å². The number of ether oxygens (including phenoxy) is 1. The summed E-state index contributed by atoms with van der Waals surface area (Å²) in [5.74, 6) is -0.479. The minimum absolute atomic E-state index is 0.122. The van der Waals surface area contributed by atoms with Gasteiger partial charge >= 0.3 is 5.97 Å². The van der Waals surface area contributed by atoms with Crippen LogP contribution in [0.2, 0.25) is 0 Å². The highest BCUT2D eigenvalue weighted by Crippen LogP contribution is 2.22. The van der Waals surface area contributed by atoms with E-state index in [0.717, 1.165) is 16.8 Å². The van der Waals surface area contributed by atoms with Gasteiger partial charge in [-0.05, 0) is 44.0 Å². The maximum atomic E-state index is 11.7. The molecule has 0 spiro atoms. The zero-order valence-electron chi connectivity index (χ0n) is 12.8. The number of nitrogens with one attached hydrogen (secondary N) is 2. The average Bonchev–Trinajstić information content (AvgIpc) is 2.45. The van der Waals surface area contributed by atoms with Gasteiger partial charge in [-0.25, -0.2) is 0 Å². The lowest BCUT2D eigenvalue weighted by atomic mass is 10.1. The normalized spacial score (nSPS) is 10.5. The Labute approximate surface area is 127 Å². The lowest BCUT2D eigenvalue weighted by Gasteiger charge is -2.15. The molecule has 2 rings (SSSR count). The van der Waals surface area contributed by atoms with E-state index in [9.17, 15) is 14.4 Å². The summed E-state index contributed by atoms with van der Waals surface area (Å²) in [7, 11) is 0. The van der Waals surface area contributed by atoms with Crippen LogP contribution in [0.25, 0.3) is 0 Å². The van der Waals surface area contributed by atoms with Crippen molar-refractivity contribution in [1.29, 1.82) is 0 Å². The van der Waals surface area contributed by atoms with E-state index in [1.54, 1.807) is 6.92 Å². The summed E-state index contributed by atoms with van der Waals surface area (Å²) >= 11 is 0. The van der Waals surface area contributed by atoms with Gasteiger partial charge in [0.1, 0.15) is 17.9 Å². The molecule has 0 aliphatic rings. The predicted octanol–water partition coefficient (Wildman–Crippen LogP) is 1.62. The Morgan fingerprint density at radius 2 is 1.64 bits per heavy atom. The molecule has 0 bridgehead atoms. The monoisotopic (exact) mass is 302 g/mol. The second-order valence-corrected chi connectivity index (χ2v) is 5.07. The molecule has 0 atom stereocenters. The molecule has 6 heteroatoms. The van der Waals surface area contributed by atoms with E-state index < -0.39 is 16.8 Å². The molecule has 0 aliphatic heterocycles. The first kappa shape index (κ1) is 15.8. The van der Waals surface area contributed by atoms with Crippen LogP contribution in [0.4, 0.5) is 17.1 Å². The molecule has 0 saturated carbocycles. The number of rotatable bonds is 6. The third-order valence-electron chi connectivity index (χ3n) is 3.12. The molecule has 2 aromatic rings. The van der Waals surface area contributed by atoms with E-state index in [1.165, 1.54) is 0 Å². The Morgan fingerprint density at radius 1 is 1.05 bits per heavy atom. The minimum atomic E-state index is -0.629. The van der Waals surface area contributed by atoms with Crippen LogP contribution in [0, 0.1) is 13.8 Å². The van der Waals surface area contributed by atoms with Gasteiger partial charge in [0.25, 0.3) is 10.9 Å². The second kappa shape index (κ2) is 6.43. The lowest BCUT2D eigenvalue weighted by molar-refractivity contribution is -0.140. The number of anilines is 3. The number of hydrogen-bond acceptors (Lipinski definition) is 6. The summed E-state index contributed by atoms with van der Waals surface area (Å²) in [6, 6.07) is 5.76. The fourth-order valence-corrected chi connectivity index (χ4v) is 2.24. The molecule has 0 aliphatic carbocycles. The van der Waals surface area contributed by atoms with Crippen molar-refractivity contribution in [3.05, 3.63) is 49.8 Å². The van der Waals surface area contributed by atoms with Crippen molar-refractivity contribution < 1.29 is 9.53 Å². The van der Waals surface area contributed by atoms with Crippen molar-refractivity contribution >= 4 is 23.0 Å². The maximum absolute atomic E-state index is 11.7. The highest BCUT2D eigenvalue weighted by atomic mass is 16.5. The number of carbonyl (C=O) groups excluding carboxylic acids is 1. The van der Waals surface area contributed by atoms with E-state index in [4.69, 9.17) is 4.74 Å². The summed E-state index contributed by atoms with van der Waals surface area (Å²) in [5.41, 5.74) is 1.89. The molecule has 6 nitrogen and oxygen atoms in total. The van der Waals surface area contributed by atoms with Crippen molar-refractivity contribution in [1.82, 2.24) is 0 Å². The zero-order valence-corrected chi connectivity index (χ0v) is 12.8. The van der Waals surface area contributed by atoms with Crippen LogP contribution >= 0.6 is 0 Å². The van der Waals surface area contributed by atoms with Gasteiger partial charge in [0.2, 0.25) is 0 Å². The first-order valence-electron chi connectivity index (χ1n) is 7.00. The molecule has 0 unspecified atom stereocenters. The van der Waals surface area contributed by atoms with Crippen molar-refractivity contribution in [2.24, 2.45) is 0 Å². The number of carbonyl (C=O) groups is 1. The summed E-state index contributed by atoms with van der Waals surface area (Å²) in [5, 5.41) is 5.60. The molecular formula is C16H18N2O4. The van der Waals surface area contributed by atoms with Crippen LogP contribution in [0.3, 0.4) is 0 Å². The number of hydrogen-bond donors (Lipinski definition) is 2. The quantitative estimate of drug-likeness (QED) is 0.623. The van der Waals surface area contributed by atoms with Crippen molar-refractivity contribution in [3.8, 4) is 0 Å². The maximum Gasteiger partial charge on any atom is 0.325 e. The van der Waals surface area contributed by atoms with Crippen molar-refractivity contribution in [2.75, 3.05) is 23.8 Å². The molecular weight excluding hydrogens is 284 g/mol. The molecule has 0 amide bonds. The lowest BCUT2D eigenvalue weighted by Crippen LogP contribution is -2.37. The minimum Gasteiger partial charge on any atom is -0.465 e. The molecule has 2 N–H and O–H groups in total. The van der Waals surface area contributed by atoms with Crippen LogP contribution in [-0.2, 0) is 9.53 Å². The topological polar surface area (TPSA) is 84.5 Å². The first-order chi connectivity index (χ1) is 10.4. The fraction of sp³-hybridized carbons (Fsp3) is 0.312. The Balaban J connectivity index is 2.15. The van der Waals surface area contributed by atoms with E-state index in [2.05, 4.69) is 10.6 Å². The van der Waals surface area contributed by atoms with E-state index in [-0.39, 0.29) is 24.5 Å². The first-order valence-corrected chi connectivity index (χ1v) is 7.00. The largest absolute Gasteiger partial charge is 0.465 e. The van der Waals surface area contributed by atoms with E-state index >= 15 is 0 Å². The predicted molar refractivity (Wildman–Crippen MR) is 85.7 cm³/mol. The van der Waals surface area contributed by atoms with Gasteiger partial charge in [0.05, 0.1) is 6.61 Å². The summed E-state index contributed by atoms with van der Waals surface area (Å²) in [6.45, 7) is 5.70. The van der Waals surface area contributed by atoms with Gasteiger partial charge < -0.3 is 15.4 Å².